The van der Waals surface area contributed by atoms with Crippen LogP contribution in [0.4, 0.5) is 0 Å². The molecule has 1 heterocycles. The first-order valence-corrected chi connectivity index (χ1v) is 2.13. The Balaban J connectivity index is 2.18. The third-order valence-electron chi connectivity index (χ3n) is 0.888. The van der Waals surface area contributed by atoms with Crippen LogP contribution in [-0.2, 0) is 9.84 Å². The van der Waals surface area contributed by atoms with Gasteiger partial charge in [-0.3, -0.25) is 0 Å². The van der Waals surface area contributed by atoms with Crippen molar-refractivity contribution in [3.05, 3.63) is 0 Å². The lowest BCUT2D eigenvalue weighted by atomic mass is 10.3. The van der Waals surface area contributed by atoms with E-state index in [4.69, 9.17) is 4.74 Å². The minimum atomic E-state index is -0.426. The van der Waals surface area contributed by atoms with Crippen molar-refractivity contribution in [2.24, 2.45) is 0 Å². The molecule has 0 N–H and O–H groups in total. The smallest absolute Gasteiger partial charge is 0.118 e. The summed E-state index contributed by atoms with van der Waals surface area (Å²) >= 11 is 0. The van der Waals surface area contributed by atoms with Crippen molar-refractivity contribution < 1.29 is 9.84 Å². The van der Waals surface area contributed by atoms with E-state index < -0.39 is 6.10 Å². The molecule has 2 heteroatoms. The van der Waals surface area contributed by atoms with Crippen LogP contribution in [0.3, 0.4) is 0 Å². The molecule has 0 bridgehead atoms. The second-order valence-corrected chi connectivity index (χ2v) is 1.49. The van der Waals surface area contributed by atoms with Crippen molar-refractivity contribution in [1.29, 1.82) is 0 Å². The molecule has 1 fully saturated rings. The van der Waals surface area contributed by atoms with E-state index in [2.05, 4.69) is 0 Å². The molecule has 0 aromatic carbocycles. The van der Waals surface area contributed by atoms with Gasteiger partial charge in [0.1, 0.15) is 6.10 Å². The first kappa shape index (κ1) is 4.09. The van der Waals surface area contributed by atoms with Crippen LogP contribution >= 0.6 is 0 Å². The molecule has 0 spiro atoms. The van der Waals surface area contributed by atoms with Gasteiger partial charge in [-0.15, -0.1) is 0 Å². The van der Waals surface area contributed by atoms with Crippen molar-refractivity contribution in [2.75, 3.05) is 13.2 Å². The van der Waals surface area contributed by atoms with Crippen LogP contribution in [0, 0.1) is 0 Å². The summed E-state index contributed by atoms with van der Waals surface area (Å²) in [5.74, 6) is 0. The molecule has 35 valence electrons. The Bertz CT molecular complexity index is 38.8. The highest BCUT2D eigenvalue weighted by Gasteiger charge is 2.11. The number of hydrogen-bond donors (Lipinski definition) is 0. The largest absolute Gasteiger partial charge is 0.379 e. The highest BCUT2D eigenvalue weighted by atomic mass is 16.5. The molecule has 0 saturated carbocycles. The molecule has 1 saturated heterocycles. The van der Waals surface area contributed by atoms with Gasteiger partial charge in [-0.2, -0.15) is 0 Å². The lowest BCUT2D eigenvalue weighted by Crippen LogP contribution is -2.00. The highest BCUT2D eigenvalue weighted by Crippen LogP contribution is 2.01. The zero-order chi connectivity index (χ0) is 4.41. The van der Waals surface area contributed by atoms with Crippen molar-refractivity contribution in [1.82, 2.24) is 0 Å². The quantitative estimate of drug-likeness (QED) is 0.415. The fourth-order valence-electron chi connectivity index (χ4n) is 0.513. The zero-order valence-corrected chi connectivity index (χ0v) is 3.52. The summed E-state index contributed by atoms with van der Waals surface area (Å²) in [5.41, 5.74) is 0. The average molecular weight is 87.1 g/mol. The zero-order valence-electron chi connectivity index (χ0n) is 3.52. The van der Waals surface area contributed by atoms with Crippen LogP contribution in [0.1, 0.15) is 6.42 Å². The van der Waals surface area contributed by atoms with Crippen LogP contribution in [-0.4, -0.2) is 19.3 Å². The van der Waals surface area contributed by atoms with E-state index in [1.807, 2.05) is 0 Å². The second-order valence-electron chi connectivity index (χ2n) is 1.49. The lowest BCUT2D eigenvalue weighted by Gasteiger charge is -1.85. The van der Waals surface area contributed by atoms with Crippen molar-refractivity contribution in [3.63, 3.8) is 0 Å². The van der Waals surface area contributed by atoms with Gasteiger partial charge in [0.15, 0.2) is 0 Å². The Kier molecular flexibility index (Phi) is 1.08. The summed E-state index contributed by atoms with van der Waals surface area (Å²) < 4.78 is 4.74. The van der Waals surface area contributed by atoms with Gasteiger partial charge < -0.3 is 4.74 Å². The van der Waals surface area contributed by atoms with Gasteiger partial charge in [0.2, 0.25) is 0 Å². The minimum Gasteiger partial charge on any atom is -0.379 e. The second kappa shape index (κ2) is 1.58. The normalized spacial score (nSPS) is 34.5. The molecule has 0 aromatic rings. The molecule has 1 atom stereocenters. The van der Waals surface area contributed by atoms with Gasteiger partial charge >= 0.3 is 0 Å². The number of rotatable bonds is 0. The highest BCUT2D eigenvalue weighted by molar-refractivity contribution is 4.58. The molecule has 1 rings (SSSR count). The maximum absolute atomic E-state index is 10.2. The summed E-state index contributed by atoms with van der Waals surface area (Å²) in [6.45, 7) is 1.11. The van der Waals surface area contributed by atoms with Crippen LogP contribution in [0.25, 0.3) is 0 Å². The molecule has 0 amide bonds. The van der Waals surface area contributed by atoms with E-state index in [-0.39, 0.29) is 0 Å². The van der Waals surface area contributed by atoms with E-state index in [9.17, 15) is 5.11 Å². The minimum absolute atomic E-state index is 0.426. The fraction of sp³-hybridized carbons (Fsp3) is 1.00. The molecule has 0 aromatic heterocycles. The van der Waals surface area contributed by atoms with Gasteiger partial charge in [-0.05, 0) is 0 Å². The Labute approximate surface area is 36.7 Å². The SMILES string of the molecule is [O]C1CCOC1. The van der Waals surface area contributed by atoms with E-state index in [0.717, 1.165) is 0 Å². The van der Waals surface area contributed by atoms with Crippen LogP contribution < -0.4 is 0 Å². The van der Waals surface area contributed by atoms with Crippen LogP contribution in [0.5, 0.6) is 0 Å². The third-order valence-corrected chi connectivity index (χ3v) is 0.888. The van der Waals surface area contributed by atoms with E-state index in [1.54, 1.807) is 0 Å². The van der Waals surface area contributed by atoms with Crippen LogP contribution in [0.15, 0.2) is 0 Å². The summed E-state index contributed by atoms with van der Waals surface area (Å²) in [6, 6.07) is 0. The summed E-state index contributed by atoms with van der Waals surface area (Å²) in [6.07, 6.45) is 0.282. The maximum atomic E-state index is 10.2. The molecule has 6 heavy (non-hydrogen) atoms. The predicted octanol–water partition coefficient (Wildman–Crippen LogP) is 0.206. The van der Waals surface area contributed by atoms with Gasteiger partial charge in [0, 0.05) is 13.0 Å². The topological polar surface area (TPSA) is 29.1 Å². The summed E-state index contributed by atoms with van der Waals surface area (Å²) in [4.78, 5) is 0. The maximum Gasteiger partial charge on any atom is 0.118 e. The molecule has 0 aliphatic carbocycles. The molecular weight excluding hydrogens is 80.0 g/mol. The summed E-state index contributed by atoms with van der Waals surface area (Å²) in [5, 5.41) is 10.2. The molecule has 1 aliphatic rings. The molecule has 1 unspecified atom stereocenters. The summed E-state index contributed by atoms with van der Waals surface area (Å²) in [7, 11) is 0. The Morgan fingerprint density at radius 1 is 1.67 bits per heavy atom. The van der Waals surface area contributed by atoms with Crippen molar-refractivity contribution in [3.8, 4) is 0 Å². The van der Waals surface area contributed by atoms with E-state index in [1.165, 1.54) is 0 Å². The van der Waals surface area contributed by atoms with Gasteiger partial charge in [0.25, 0.3) is 0 Å². The van der Waals surface area contributed by atoms with Crippen LogP contribution in [0.2, 0.25) is 0 Å². The third kappa shape index (κ3) is 0.698. The Hall–Kier alpha value is -0.0800. The molecule has 1 radical (unpaired) electrons. The predicted molar refractivity (Wildman–Crippen MR) is 19.9 cm³/mol. The average Bonchev–Trinajstić information content (AvgIpc) is 1.86. The van der Waals surface area contributed by atoms with Gasteiger partial charge in [-0.25, -0.2) is 5.11 Å². The Morgan fingerprint density at radius 2 is 2.50 bits per heavy atom. The lowest BCUT2D eigenvalue weighted by molar-refractivity contribution is 0.0703. The number of ether oxygens (including phenoxy) is 1. The van der Waals surface area contributed by atoms with E-state index >= 15 is 0 Å². The first-order chi connectivity index (χ1) is 2.89. The van der Waals surface area contributed by atoms with Gasteiger partial charge in [0.05, 0.1) is 6.61 Å². The van der Waals surface area contributed by atoms with E-state index in [0.29, 0.717) is 19.6 Å². The fourth-order valence-corrected chi connectivity index (χ4v) is 0.513. The van der Waals surface area contributed by atoms with Gasteiger partial charge in [-0.1, -0.05) is 0 Å². The molecular formula is C4H7O2. The number of hydrogen-bond acceptors (Lipinski definition) is 1. The Morgan fingerprint density at radius 3 is 2.67 bits per heavy atom. The van der Waals surface area contributed by atoms with Crippen molar-refractivity contribution >= 4 is 0 Å². The first-order valence-electron chi connectivity index (χ1n) is 2.13. The standard InChI is InChI=1S/C4H7O2/c5-4-1-2-6-3-4/h4H,1-3H2. The molecule has 2 nitrogen and oxygen atoms in total. The van der Waals surface area contributed by atoms with Crippen molar-refractivity contribution in [2.45, 2.75) is 12.5 Å². The monoisotopic (exact) mass is 87.0 g/mol. The molecule has 1 aliphatic heterocycles.